The smallest absolute Gasteiger partial charge is 0.327 e. The number of rotatable bonds is 9. The second kappa shape index (κ2) is 13.5. The van der Waals surface area contributed by atoms with E-state index >= 15 is 0 Å². The van der Waals surface area contributed by atoms with Crippen molar-refractivity contribution in [3.05, 3.63) is 163 Å². The van der Waals surface area contributed by atoms with Crippen molar-refractivity contribution in [1.82, 2.24) is 5.01 Å². The monoisotopic (exact) mass is 648 g/mol. The fourth-order valence-corrected chi connectivity index (χ4v) is 10.6. The summed E-state index contributed by atoms with van der Waals surface area (Å²) in [6.07, 6.45) is 0.618. The summed E-state index contributed by atoms with van der Waals surface area (Å²) in [7, 11) is -2.46. The Labute approximate surface area is 265 Å². The number of nitrogens with zero attached hydrogens (tertiary/aromatic N) is 2. The average Bonchev–Trinajstić information content (AvgIpc) is 3.44. The first-order valence-electron chi connectivity index (χ1n) is 14.4. The van der Waals surface area contributed by atoms with Crippen LogP contribution in [0.4, 0.5) is 0 Å². The van der Waals surface area contributed by atoms with Crippen LogP contribution in [0.2, 0.25) is 0 Å². The Morgan fingerprint density at radius 1 is 0.674 bits per heavy atom. The second-order valence-electron chi connectivity index (χ2n) is 10.3. The van der Waals surface area contributed by atoms with Crippen molar-refractivity contribution < 1.29 is 26.5 Å². The lowest BCUT2D eigenvalue weighted by molar-refractivity contribution is -0.145. The normalized spacial score (nSPS) is 14.0. The minimum absolute atomic E-state index is 0. The molecule has 6 rings (SSSR count). The first-order chi connectivity index (χ1) is 20.7. The van der Waals surface area contributed by atoms with Crippen LogP contribution < -0.4 is 32.9 Å². The van der Waals surface area contributed by atoms with Gasteiger partial charge < -0.3 is 21.7 Å². The van der Waals surface area contributed by atoms with Gasteiger partial charge in [0.25, 0.3) is 0 Å². The van der Waals surface area contributed by atoms with Gasteiger partial charge in [-0.1, -0.05) is 115 Å². The fraction of sp³-hybridized carbons (Fsp3) is 0.135. The lowest BCUT2D eigenvalue weighted by Crippen LogP contribution is -3.00. The quantitative estimate of drug-likeness (QED) is 0.182. The van der Waals surface area contributed by atoms with Gasteiger partial charge in [-0.2, -0.15) is 0 Å². The van der Waals surface area contributed by atoms with E-state index in [1.54, 1.807) is 0 Å². The molecule has 1 aliphatic rings. The van der Waals surface area contributed by atoms with Crippen LogP contribution in [0.3, 0.4) is 0 Å². The van der Waals surface area contributed by atoms with E-state index in [4.69, 9.17) is 9.84 Å². The van der Waals surface area contributed by atoms with Crippen molar-refractivity contribution in [2.24, 2.45) is 5.10 Å². The molecule has 1 aliphatic heterocycles. The molecule has 0 saturated heterocycles. The summed E-state index contributed by atoms with van der Waals surface area (Å²) < 4.78 is 5.50. The van der Waals surface area contributed by atoms with Crippen LogP contribution in [0, 0.1) is 0 Å². The Balaban J connectivity index is 0.00000368. The van der Waals surface area contributed by atoms with E-state index in [9.17, 15) is 4.79 Å². The molecule has 0 radical (unpaired) electrons. The summed E-state index contributed by atoms with van der Waals surface area (Å²) in [6, 6.07) is 53.2. The molecular formula is C37H34BrN2O2P. The third-order valence-corrected chi connectivity index (χ3v) is 12.2. The van der Waals surface area contributed by atoms with Gasteiger partial charge in [0.2, 0.25) is 0 Å². The maximum absolute atomic E-state index is 13.2. The molecule has 5 aromatic carbocycles. The number of hydrogen-bond donors (Lipinski definition) is 0. The molecule has 5 aromatic rings. The van der Waals surface area contributed by atoms with E-state index in [2.05, 4.69) is 140 Å². The van der Waals surface area contributed by atoms with E-state index in [1.165, 1.54) is 15.9 Å². The Morgan fingerprint density at radius 2 is 1.05 bits per heavy atom. The van der Waals surface area contributed by atoms with Gasteiger partial charge in [-0.15, -0.1) is 5.10 Å². The van der Waals surface area contributed by atoms with Gasteiger partial charge >= 0.3 is 5.97 Å². The number of esters is 1. The Morgan fingerprint density at radius 3 is 1.42 bits per heavy atom. The topological polar surface area (TPSA) is 41.9 Å². The zero-order valence-electron chi connectivity index (χ0n) is 24.1. The van der Waals surface area contributed by atoms with E-state index in [1.807, 2.05) is 24.1 Å². The number of hydrazone groups is 1. The molecule has 4 nitrogen and oxygen atoms in total. The molecule has 0 bridgehead atoms. The molecule has 43 heavy (non-hydrogen) atoms. The highest BCUT2D eigenvalue weighted by atomic mass is 79.9. The van der Waals surface area contributed by atoms with Crippen molar-refractivity contribution in [3.8, 4) is 0 Å². The zero-order valence-corrected chi connectivity index (χ0v) is 26.6. The summed E-state index contributed by atoms with van der Waals surface area (Å²) in [5.41, 5.74) is 2.55. The third-order valence-electron chi connectivity index (χ3n) is 8.00. The predicted molar refractivity (Wildman–Crippen MR) is 174 cm³/mol. The highest BCUT2D eigenvalue weighted by Gasteiger charge is 2.59. The highest BCUT2D eigenvalue weighted by Crippen LogP contribution is 2.62. The molecule has 216 valence electrons. The van der Waals surface area contributed by atoms with Gasteiger partial charge in [-0.3, -0.25) is 9.80 Å². The first kappa shape index (κ1) is 30.4. The molecule has 6 heteroatoms. The molecule has 0 saturated carbocycles. The summed E-state index contributed by atoms with van der Waals surface area (Å²) in [5.74, 6) is -0.290. The third kappa shape index (κ3) is 5.56. The average molecular weight is 650 g/mol. The second-order valence-corrected chi connectivity index (χ2v) is 13.7. The molecule has 1 heterocycles. The number of halogens is 1. The van der Waals surface area contributed by atoms with Crippen LogP contribution in [-0.4, -0.2) is 29.6 Å². The Hall–Kier alpha value is -4.05. The van der Waals surface area contributed by atoms with Gasteiger partial charge in [0.15, 0.2) is 12.7 Å². The molecular weight excluding hydrogens is 615 g/mol. The highest BCUT2D eigenvalue weighted by molar-refractivity contribution is 8.08. The zero-order chi connectivity index (χ0) is 28.8. The largest absolute Gasteiger partial charge is 1.00 e. The standard InChI is InChI=1S/C37H34N2O2P.BrH/c1-2-41-36(40)29-39-37(30-18-8-3-9-19-30,31-20-10-4-11-21-31)28-35(38-39)42(32-22-12-5-13-23-32,33-24-14-6-15-25-33)34-26-16-7-17-27-34;/h3-27H,2,28-29H2,1H3;1H/q+1;/p-1. The summed E-state index contributed by atoms with van der Waals surface area (Å²) in [4.78, 5) is 13.2. The molecule has 0 amide bonds. The van der Waals surface area contributed by atoms with Crippen LogP contribution in [-0.2, 0) is 15.1 Å². The maximum Gasteiger partial charge on any atom is 0.327 e. The van der Waals surface area contributed by atoms with E-state index < -0.39 is 12.8 Å². The van der Waals surface area contributed by atoms with Crippen molar-refractivity contribution >= 4 is 34.6 Å². The number of ether oxygens (including phenoxy) is 1. The lowest BCUT2D eigenvalue weighted by atomic mass is 9.80. The summed E-state index contributed by atoms with van der Waals surface area (Å²) >= 11 is 0. The first-order valence-corrected chi connectivity index (χ1v) is 16.2. The Bertz CT molecular complexity index is 1510. The van der Waals surface area contributed by atoms with Gasteiger partial charge in [0.1, 0.15) is 28.0 Å². The number of hydrogen-bond acceptors (Lipinski definition) is 4. The Kier molecular flexibility index (Phi) is 9.55. The SMILES string of the molecule is CCOC(=O)CN1N=C([P+](c2ccccc2)(c2ccccc2)c2ccccc2)CC1(c1ccccc1)c1ccccc1.[Br-]. The van der Waals surface area contributed by atoms with Crippen molar-refractivity contribution in [2.75, 3.05) is 13.2 Å². The molecule has 0 aliphatic carbocycles. The minimum atomic E-state index is -2.46. The number of carbonyl (C=O) groups excluding carboxylic acids is 1. The minimum Gasteiger partial charge on any atom is -1.00 e. The molecule has 0 N–H and O–H groups in total. The summed E-state index contributed by atoms with van der Waals surface area (Å²) in [5, 5.41) is 11.2. The van der Waals surface area contributed by atoms with Crippen LogP contribution in [0.15, 0.2) is 157 Å². The van der Waals surface area contributed by atoms with Crippen LogP contribution in [0.25, 0.3) is 0 Å². The van der Waals surface area contributed by atoms with Crippen LogP contribution >= 0.6 is 7.26 Å². The van der Waals surface area contributed by atoms with E-state index in [0.717, 1.165) is 16.6 Å². The van der Waals surface area contributed by atoms with Crippen LogP contribution in [0.5, 0.6) is 0 Å². The van der Waals surface area contributed by atoms with Crippen molar-refractivity contribution in [1.29, 1.82) is 0 Å². The van der Waals surface area contributed by atoms with E-state index in [0.29, 0.717) is 13.0 Å². The molecule has 0 atom stereocenters. The predicted octanol–water partition coefficient (Wildman–Crippen LogP) is 3.51. The summed E-state index contributed by atoms with van der Waals surface area (Å²) in [6.45, 7) is 2.20. The van der Waals surface area contributed by atoms with Crippen molar-refractivity contribution in [3.63, 3.8) is 0 Å². The maximum atomic E-state index is 13.2. The lowest BCUT2D eigenvalue weighted by Gasteiger charge is -2.38. The number of benzene rings is 5. The van der Waals surface area contributed by atoms with Gasteiger partial charge in [0.05, 0.1) is 13.0 Å². The molecule has 0 spiro atoms. The molecule has 0 aromatic heterocycles. The van der Waals surface area contributed by atoms with Gasteiger partial charge in [-0.05, 0) is 54.4 Å². The molecule has 0 unspecified atom stereocenters. The number of carbonyl (C=O) groups is 1. The molecule has 0 fully saturated rings. The van der Waals surface area contributed by atoms with Crippen LogP contribution in [0.1, 0.15) is 24.5 Å². The fourth-order valence-electron chi connectivity index (χ4n) is 6.21. The van der Waals surface area contributed by atoms with E-state index in [-0.39, 0.29) is 29.5 Å². The van der Waals surface area contributed by atoms with Gasteiger partial charge in [-0.25, -0.2) is 0 Å². The van der Waals surface area contributed by atoms with Crippen molar-refractivity contribution in [2.45, 2.75) is 18.9 Å². The van der Waals surface area contributed by atoms with Gasteiger partial charge in [0, 0.05) is 0 Å².